The third kappa shape index (κ3) is 2.33. The molecule has 0 fully saturated rings. The van der Waals surface area contributed by atoms with Crippen molar-refractivity contribution in [2.75, 3.05) is 6.54 Å². The summed E-state index contributed by atoms with van der Waals surface area (Å²) in [4.78, 5) is 0. The molecule has 0 aliphatic rings. The molecule has 21 heavy (non-hydrogen) atoms. The second-order valence-corrected chi connectivity index (χ2v) is 5.48. The summed E-state index contributed by atoms with van der Waals surface area (Å²) >= 11 is 6.13. The van der Waals surface area contributed by atoms with Gasteiger partial charge in [-0.1, -0.05) is 29.8 Å². The van der Waals surface area contributed by atoms with Crippen LogP contribution < -0.4 is 5.73 Å². The van der Waals surface area contributed by atoms with E-state index in [2.05, 4.69) is 4.57 Å². The van der Waals surface area contributed by atoms with Gasteiger partial charge in [0.2, 0.25) is 0 Å². The smallest absolute Gasteiger partial charge is 0.131 e. The summed E-state index contributed by atoms with van der Waals surface area (Å²) < 4.78 is 16.3. The SMILES string of the molecule is Cc1c(-c2ccccc2F)c2cc(Cl)ccc2n1CCN. The number of hydrogen-bond donors (Lipinski definition) is 1. The Morgan fingerprint density at radius 2 is 1.95 bits per heavy atom. The number of nitrogens with zero attached hydrogens (tertiary/aromatic N) is 1. The van der Waals surface area contributed by atoms with Crippen LogP contribution in [0, 0.1) is 12.7 Å². The van der Waals surface area contributed by atoms with E-state index in [0.29, 0.717) is 23.7 Å². The summed E-state index contributed by atoms with van der Waals surface area (Å²) in [6, 6.07) is 12.5. The lowest BCUT2D eigenvalue weighted by Gasteiger charge is -2.07. The van der Waals surface area contributed by atoms with Crippen LogP contribution in [-0.4, -0.2) is 11.1 Å². The number of benzene rings is 2. The molecule has 3 aromatic rings. The first-order valence-corrected chi connectivity index (χ1v) is 7.24. The standard InChI is InChI=1S/C17H16ClFN2/c1-11-17(13-4-2-3-5-15(13)19)14-10-12(18)6-7-16(14)21(11)9-8-20/h2-7,10H,8-9,20H2,1H3. The Labute approximate surface area is 127 Å². The van der Waals surface area contributed by atoms with E-state index in [1.165, 1.54) is 6.07 Å². The number of hydrogen-bond acceptors (Lipinski definition) is 1. The molecule has 2 N–H and O–H groups in total. The molecule has 108 valence electrons. The zero-order valence-electron chi connectivity index (χ0n) is 11.7. The van der Waals surface area contributed by atoms with Gasteiger partial charge in [0.25, 0.3) is 0 Å². The zero-order valence-corrected chi connectivity index (χ0v) is 12.5. The summed E-state index contributed by atoms with van der Waals surface area (Å²) in [5.41, 5.74) is 9.22. The summed E-state index contributed by atoms with van der Waals surface area (Å²) in [6.45, 7) is 3.22. The highest BCUT2D eigenvalue weighted by molar-refractivity contribution is 6.31. The average molecular weight is 303 g/mol. The molecular formula is C17H16ClFN2. The molecule has 0 saturated carbocycles. The van der Waals surface area contributed by atoms with Crippen LogP contribution in [0.2, 0.25) is 5.02 Å². The van der Waals surface area contributed by atoms with Crippen LogP contribution in [-0.2, 0) is 6.54 Å². The zero-order chi connectivity index (χ0) is 15.0. The van der Waals surface area contributed by atoms with Crippen molar-refractivity contribution >= 4 is 22.5 Å². The molecule has 0 unspecified atom stereocenters. The highest BCUT2D eigenvalue weighted by Crippen LogP contribution is 2.37. The number of aromatic nitrogens is 1. The van der Waals surface area contributed by atoms with E-state index in [4.69, 9.17) is 17.3 Å². The predicted molar refractivity (Wildman–Crippen MR) is 86.1 cm³/mol. The van der Waals surface area contributed by atoms with Crippen molar-refractivity contribution < 1.29 is 4.39 Å². The topological polar surface area (TPSA) is 30.9 Å². The highest BCUT2D eigenvalue weighted by Gasteiger charge is 2.17. The molecule has 1 aromatic heterocycles. The van der Waals surface area contributed by atoms with Crippen LogP contribution in [0.4, 0.5) is 4.39 Å². The minimum Gasteiger partial charge on any atom is -0.343 e. The number of rotatable bonds is 3. The van der Waals surface area contributed by atoms with E-state index in [1.54, 1.807) is 12.1 Å². The van der Waals surface area contributed by atoms with Gasteiger partial charge in [0.15, 0.2) is 0 Å². The average Bonchev–Trinajstić information content (AvgIpc) is 2.72. The Morgan fingerprint density at radius 1 is 1.19 bits per heavy atom. The van der Waals surface area contributed by atoms with E-state index < -0.39 is 0 Å². The largest absolute Gasteiger partial charge is 0.343 e. The molecule has 0 atom stereocenters. The van der Waals surface area contributed by atoms with Gasteiger partial charge in [0.1, 0.15) is 5.82 Å². The van der Waals surface area contributed by atoms with Crippen molar-refractivity contribution in [3.05, 3.63) is 59.0 Å². The molecule has 0 saturated heterocycles. The lowest BCUT2D eigenvalue weighted by Crippen LogP contribution is -2.10. The summed E-state index contributed by atoms with van der Waals surface area (Å²) in [6.07, 6.45) is 0. The Hall–Kier alpha value is -1.84. The number of fused-ring (bicyclic) bond motifs is 1. The maximum absolute atomic E-state index is 14.2. The minimum absolute atomic E-state index is 0.229. The third-order valence-electron chi connectivity index (χ3n) is 3.78. The summed E-state index contributed by atoms with van der Waals surface area (Å²) in [5.74, 6) is -0.229. The van der Waals surface area contributed by atoms with Gasteiger partial charge in [-0.25, -0.2) is 4.39 Å². The van der Waals surface area contributed by atoms with Crippen LogP contribution in [0.15, 0.2) is 42.5 Å². The monoisotopic (exact) mass is 302 g/mol. The van der Waals surface area contributed by atoms with Crippen LogP contribution in [0.25, 0.3) is 22.0 Å². The Bertz CT molecular complexity index is 808. The second kappa shape index (κ2) is 5.51. The molecule has 0 aliphatic heterocycles. The van der Waals surface area contributed by atoms with Crippen molar-refractivity contribution in [2.24, 2.45) is 5.73 Å². The fraction of sp³-hybridized carbons (Fsp3) is 0.176. The first-order chi connectivity index (χ1) is 10.1. The Balaban J connectivity index is 2.39. The van der Waals surface area contributed by atoms with Gasteiger partial charge in [0.05, 0.1) is 0 Å². The van der Waals surface area contributed by atoms with Gasteiger partial charge in [-0.3, -0.25) is 0 Å². The lowest BCUT2D eigenvalue weighted by atomic mass is 10.0. The van der Waals surface area contributed by atoms with Crippen LogP contribution in [0.3, 0.4) is 0 Å². The highest BCUT2D eigenvalue weighted by atomic mass is 35.5. The third-order valence-corrected chi connectivity index (χ3v) is 4.02. The fourth-order valence-corrected chi connectivity index (χ4v) is 3.05. The fourth-order valence-electron chi connectivity index (χ4n) is 2.88. The molecule has 0 spiro atoms. The summed E-state index contributed by atoms with van der Waals surface area (Å²) in [5, 5.41) is 1.60. The van der Waals surface area contributed by atoms with Crippen molar-refractivity contribution in [3.8, 4) is 11.1 Å². The van der Waals surface area contributed by atoms with Crippen molar-refractivity contribution in [3.63, 3.8) is 0 Å². The lowest BCUT2D eigenvalue weighted by molar-refractivity contribution is 0.631. The van der Waals surface area contributed by atoms with E-state index in [1.807, 2.05) is 31.2 Å². The van der Waals surface area contributed by atoms with Gasteiger partial charge >= 0.3 is 0 Å². The molecule has 0 amide bonds. The Kier molecular flexibility index (Phi) is 3.70. The quantitative estimate of drug-likeness (QED) is 0.765. The molecule has 0 aliphatic carbocycles. The van der Waals surface area contributed by atoms with Crippen LogP contribution in [0.5, 0.6) is 0 Å². The van der Waals surface area contributed by atoms with Gasteiger partial charge in [0, 0.05) is 45.8 Å². The minimum atomic E-state index is -0.229. The Morgan fingerprint density at radius 3 is 2.67 bits per heavy atom. The number of halogens is 2. The number of nitrogens with two attached hydrogens (primary N) is 1. The molecule has 2 aromatic carbocycles. The van der Waals surface area contributed by atoms with E-state index >= 15 is 0 Å². The molecule has 0 bridgehead atoms. The maximum Gasteiger partial charge on any atom is 0.131 e. The summed E-state index contributed by atoms with van der Waals surface area (Å²) in [7, 11) is 0. The van der Waals surface area contributed by atoms with Crippen LogP contribution >= 0.6 is 11.6 Å². The van der Waals surface area contributed by atoms with Gasteiger partial charge in [-0.2, -0.15) is 0 Å². The van der Waals surface area contributed by atoms with Gasteiger partial charge in [-0.05, 0) is 31.2 Å². The molecule has 2 nitrogen and oxygen atoms in total. The maximum atomic E-state index is 14.2. The molecule has 3 rings (SSSR count). The van der Waals surface area contributed by atoms with E-state index in [0.717, 1.165) is 22.2 Å². The van der Waals surface area contributed by atoms with Crippen molar-refractivity contribution in [1.82, 2.24) is 4.57 Å². The normalized spacial score (nSPS) is 11.2. The van der Waals surface area contributed by atoms with Gasteiger partial charge < -0.3 is 10.3 Å². The van der Waals surface area contributed by atoms with Crippen molar-refractivity contribution in [2.45, 2.75) is 13.5 Å². The van der Waals surface area contributed by atoms with E-state index in [9.17, 15) is 4.39 Å². The van der Waals surface area contributed by atoms with Crippen LogP contribution in [0.1, 0.15) is 5.69 Å². The first-order valence-electron chi connectivity index (χ1n) is 6.87. The molecular weight excluding hydrogens is 287 g/mol. The second-order valence-electron chi connectivity index (χ2n) is 5.04. The van der Waals surface area contributed by atoms with Gasteiger partial charge in [-0.15, -0.1) is 0 Å². The molecule has 4 heteroatoms. The molecule has 0 radical (unpaired) electrons. The van der Waals surface area contributed by atoms with E-state index in [-0.39, 0.29) is 5.82 Å². The van der Waals surface area contributed by atoms with Crippen molar-refractivity contribution in [1.29, 1.82) is 0 Å². The molecule has 1 heterocycles. The first kappa shape index (κ1) is 14.1. The predicted octanol–water partition coefficient (Wildman–Crippen LogP) is 4.37.